The number of nitrogens with zero attached hydrogens (tertiary/aromatic N) is 2. The number of aliphatic hydroxyl groups excluding tert-OH is 13. The minimum atomic E-state index is -1.90. The number of carbonyl (C=O) groups excluding carboxylic acids is 3. The molecule has 5 aliphatic heterocycles. The fourth-order valence-corrected chi connectivity index (χ4v) is 8.56. The van der Waals surface area contributed by atoms with Crippen LogP contribution < -0.4 is 0 Å². The van der Waals surface area contributed by atoms with Crippen molar-refractivity contribution >= 4 is 17.8 Å². The van der Waals surface area contributed by atoms with Crippen LogP contribution in [0, 0.1) is 0 Å². The monoisotopic (exact) mass is 974 g/mol. The molecule has 0 radical (unpaired) electrons. The molecule has 5 rings (SSSR count). The van der Waals surface area contributed by atoms with Crippen LogP contribution in [0.4, 0.5) is 0 Å². The molecule has 5 aliphatic rings. The molecular weight excluding hydrogens is 904 g/mol. The van der Waals surface area contributed by atoms with Crippen LogP contribution in [0.15, 0.2) is 0 Å². The maximum atomic E-state index is 12.3. The molecule has 20 atom stereocenters. The fourth-order valence-electron chi connectivity index (χ4n) is 8.56. The van der Waals surface area contributed by atoms with E-state index in [1.165, 1.54) is 0 Å². The lowest BCUT2D eigenvalue weighted by Gasteiger charge is -2.46. The molecule has 5 heterocycles. The molecule has 388 valence electrons. The molecule has 0 bridgehead atoms. The first kappa shape index (κ1) is 55.7. The molecule has 5 saturated heterocycles. The Bertz CT molecular complexity index is 1520. The summed E-state index contributed by atoms with van der Waals surface area (Å²) in [6.07, 6.45) is -27.2. The summed E-state index contributed by atoms with van der Waals surface area (Å²) >= 11 is 0. The van der Waals surface area contributed by atoms with Crippen LogP contribution in [-0.4, -0.2) is 263 Å². The third-order valence-corrected chi connectivity index (χ3v) is 12.7. The number of amides is 2. The summed E-state index contributed by atoms with van der Waals surface area (Å²) in [6, 6.07) is 0. The first-order valence-electron chi connectivity index (χ1n) is 22.9. The van der Waals surface area contributed by atoms with E-state index in [4.69, 9.17) is 38.0 Å². The van der Waals surface area contributed by atoms with Gasteiger partial charge in [-0.1, -0.05) is 6.42 Å². The molecule has 0 spiro atoms. The van der Waals surface area contributed by atoms with E-state index >= 15 is 0 Å². The summed E-state index contributed by atoms with van der Waals surface area (Å²) in [5, 5.41) is 136. The van der Waals surface area contributed by atoms with Crippen LogP contribution in [-0.2, 0) is 52.4 Å². The second-order valence-electron chi connectivity index (χ2n) is 17.6. The van der Waals surface area contributed by atoms with Gasteiger partial charge in [-0.05, 0) is 58.5 Å². The van der Waals surface area contributed by atoms with Gasteiger partial charge in [0.2, 0.25) is 0 Å². The van der Waals surface area contributed by atoms with Crippen LogP contribution >= 0.6 is 0 Å². The Morgan fingerprint density at radius 3 is 1.69 bits per heavy atom. The number of unbranched alkanes of at least 4 members (excludes halogenated alkanes) is 3. The normalized spacial score (nSPS) is 40.7. The molecule has 13 N–H and O–H groups in total. The first-order valence-corrected chi connectivity index (χ1v) is 22.9. The highest BCUT2D eigenvalue weighted by Gasteiger charge is 2.51. The van der Waals surface area contributed by atoms with Gasteiger partial charge in [-0.3, -0.25) is 9.59 Å². The first-order chi connectivity index (χ1) is 31.9. The number of ether oxygens (including phenoxy) is 7. The smallest absolute Gasteiger partial charge is 0.333 e. The van der Waals surface area contributed by atoms with Gasteiger partial charge in [0, 0.05) is 25.8 Å². The number of aliphatic hydroxyl groups is 13. The molecule has 67 heavy (non-hydrogen) atoms. The van der Waals surface area contributed by atoms with Crippen LogP contribution in [0.1, 0.15) is 71.1 Å². The summed E-state index contributed by atoms with van der Waals surface area (Å²) in [6.45, 7) is 0.820. The van der Waals surface area contributed by atoms with Gasteiger partial charge in [0.05, 0.1) is 44.7 Å². The molecule has 2 amide bonds. The largest absolute Gasteiger partial charge is 0.394 e. The highest BCUT2D eigenvalue weighted by molar-refractivity contribution is 6.01. The quantitative estimate of drug-likeness (QED) is 0.0316. The van der Waals surface area contributed by atoms with Gasteiger partial charge < -0.3 is 109 Å². The van der Waals surface area contributed by atoms with E-state index in [1.807, 2.05) is 4.90 Å². The number of imide groups is 1. The number of carbonyl (C=O) groups is 3. The summed E-state index contributed by atoms with van der Waals surface area (Å²) in [5.41, 5.74) is 0. The highest BCUT2D eigenvalue weighted by Crippen LogP contribution is 2.32. The molecular formula is C41H70N2O24. The van der Waals surface area contributed by atoms with Crippen molar-refractivity contribution in [3.05, 3.63) is 0 Å². The third-order valence-electron chi connectivity index (χ3n) is 12.7. The zero-order chi connectivity index (χ0) is 49.1. The van der Waals surface area contributed by atoms with Crippen LogP contribution in [0.5, 0.6) is 0 Å². The van der Waals surface area contributed by atoms with E-state index in [0.717, 1.165) is 0 Å². The summed E-state index contributed by atoms with van der Waals surface area (Å²) in [7, 11) is 0. The van der Waals surface area contributed by atoms with Crippen LogP contribution in [0.2, 0.25) is 0 Å². The number of hydroxylamine groups is 2. The van der Waals surface area contributed by atoms with E-state index in [2.05, 4.69) is 0 Å². The zero-order valence-corrected chi connectivity index (χ0v) is 37.3. The van der Waals surface area contributed by atoms with E-state index < -0.39 is 154 Å². The third kappa shape index (κ3) is 14.4. The zero-order valence-electron chi connectivity index (χ0n) is 37.3. The van der Waals surface area contributed by atoms with Gasteiger partial charge in [0.1, 0.15) is 85.5 Å². The molecule has 0 aliphatic carbocycles. The molecule has 0 aromatic carbocycles. The van der Waals surface area contributed by atoms with Gasteiger partial charge in [-0.25, -0.2) is 4.79 Å². The van der Waals surface area contributed by atoms with Gasteiger partial charge in [0.15, 0.2) is 18.9 Å². The van der Waals surface area contributed by atoms with E-state index in [9.17, 15) is 80.8 Å². The van der Waals surface area contributed by atoms with Crippen molar-refractivity contribution < 1.29 is 119 Å². The Morgan fingerprint density at radius 2 is 1.06 bits per heavy atom. The maximum absolute atomic E-state index is 12.3. The number of rotatable bonds is 24. The molecule has 26 heteroatoms. The predicted octanol–water partition coefficient (Wildman–Crippen LogP) is -6.65. The minimum absolute atomic E-state index is 0.0293. The molecule has 0 aromatic heterocycles. The Morgan fingerprint density at radius 1 is 0.552 bits per heavy atom. The second-order valence-corrected chi connectivity index (χ2v) is 17.6. The summed E-state index contributed by atoms with van der Waals surface area (Å²) in [5.74, 6) is -1.89. The van der Waals surface area contributed by atoms with Crippen molar-refractivity contribution in [3.63, 3.8) is 0 Å². The summed E-state index contributed by atoms with van der Waals surface area (Å²) in [4.78, 5) is 42.9. The van der Waals surface area contributed by atoms with E-state index in [-0.39, 0.29) is 45.4 Å². The second kappa shape index (κ2) is 26.3. The minimum Gasteiger partial charge on any atom is -0.394 e. The van der Waals surface area contributed by atoms with Crippen molar-refractivity contribution in [2.45, 2.75) is 194 Å². The average molecular weight is 975 g/mol. The Hall–Kier alpha value is -2.23. The lowest BCUT2D eigenvalue weighted by molar-refractivity contribution is -0.360. The van der Waals surface area contributed by atoms with Crippen molar-refractivity contribution in [2.75, 3.05) is 46.1 Å². The lowest BCUT2D eigenvalue weighted by Crippen LogP contribution is -2.64. The molecule has 0 unspecified atom stereocenters. The summed E-state index contributed by atoms with van der Waals surface area (Å²) < 4.78 is 40.0. The average Bonchev–Trinajstić information content (AvgIpc) is 3.62. The molecule has 0 aromatic rings. The fraction of sp³-hybridized carbons (Fsp3) is 0.927. The number of hydrogen-bond acceptors (Lipinski definition) is 25. The van der Waals surface area contributed by atoms with Crippen molar-refractivity contribution in [1.82, 2.24) is 9.96 Å². The van der Waals surface area contributed by atoms with Crippen LogP contribution in [0.3, 0.4) is 0 Å². The number of hydrogen-bond donors (Lipinski definition) is 13. The highest BCUT2D eigenvalue weighted by atomic mass is 16.7. The van der Waals surface area contributed by atoms with E-state index in [1.54, 1.807) is 6.92 Å². The van der Waals surface area contributed by atoms with Gasteiger partial charge in [0.25, 0.3) is 11.8 Å². The van der Waals surface area contributed by atoms with Crippen molar-refractivity contribution in [1.29, 1.82) is 0 Å². The Kier molecular flexibility index (Phi) is 21.8. The molecule has 5 fully saturated rings. The van der Waals surface area contributed by atoms with Crippen LogP contribution in [0.25, 0.3) is 0 Å². The van der Waals surface area contributed by atoms with Crippen molar-refractivity contribution in [3.8, 4) is 0 Å². The maximum Gasteiger partial charge on any atom is 0.333 e. The van der Waals surface area contributed by atoms with Gasteiger partial charge >= 0.3 is 5.97 Å². The molecule has 0 saturated carbocycles. The Labute approximate surface area is 385 Å². The lowest BCUT2D eigenvalue weighted by atomic mass is 9.93. The Balaban J connectivity index is 1.21. The van der Waals surface area contributed by atoms with Gasteiger partial charge in [-0.15, -0.1) is 5.06 Å². The van der Waals surface area contributed by atoms with Gasteiger partial charge in [-0.2, -0.15) is 0 Å². The van der Waals surface area contributed by atoms with Crippen molar-refractivity contribution in [2.24, 2.45) is 0 Å². The standard InChI is InChI=1S/C41H70N2O24/c1-19-27(49)32(54)28(50)20(62-19)7-4-6-13-42(12-5-2-3-8-26(48)67-43-24(46)9-10-25(43)47)14-16-61-40-37(59)38(66-41-36(58)34(56)30(52)23(18-45)65-41)31(53)21(63-40)11-15-60-39-35(57)33(55)29(51)22(17-44)64-39/h19-23,27-41,44-45,49-59H,2-18H2,1H3/t19-,20-,21+,22+,23+,27+,28+,29+,30+,31+,32+,33-,34-,35-,36-,37-,38-,39-,40-,41+/m0/s1. The van der Waals surface area contributed by atoms with E-state index in [0.29, 0.717) is 56.7 Å². The molecule has 26 nitrogen and oxygen atoms in total. The predicted molar refractivity (Wildman–Crippen MR) is 218 cm³/mol. The SMILES string of the molecule is C[C@@H]1O[C@@H](CCCCN(CCCCCC(=O)ON2C(=O)CCC2=O)CCO[C@H]2O[C@H](CCO[C@H]3O[C@H](CO)[C@@H](O)[C@H](O)[C@@H]3O)[C@@H](O)[C@H](O[C@H]3O[C@H](CO)[C@@H](O)[C@H](O)[C@@H]3O)[C@@H]2O)[C@@H](O)[C@H](O)[C@@H]1O. The topological polar surface area (TPSA) is 395 Å².